The standard InChI is InChI=1S/C22H24N2O2S/c1-16(25)24-13-12-18-6-4-5-7-20(18)21(24)14-22(26)23(2)15-17-8-10-19(27-3)11-9-17/h4-13,21H,14-15H2,1-3H3. The lowest BCUT2D eigenvalue weighted by molar-refractivity contribution is -0.134. The summed E-state index contributed by atoms with van der Waals surface area (Å²) < 4.78 is 0. The summed E-state index contributed by atoms with van der Waals surface area (Å²) in [6.07, 6.45) is 6.01. The molecule has 1 unspecified atom stereocenters. The number of hydrogen-bond donors (Lipinski definition) is 0. The summed E-state index contributed by atoms with van der Waals surface area (Å²) >= 11 is 1.70. The van der Waals surface area contributed by atoms with Gasteiger partial charge in [0.1, 0.15) is 0 Å². The molecule has 0 saturated heterocycles. The number of amides is 2. The zero-order chi connectivity index (χ0) is 19.4. The summed E-state index contributed by atoms with van der Waals surface area (Å²) in [7, 11) is 1.81. The first kappa shape index (κ1) is 19.2. The molecule has 0 bridgehead atoms. The molecule has 27 heavy (non-hydrogen) atoms. The molecule has 3 rings (SSSR count). The second-order valence-corrected chi connectivity index (χ2v) is 7.57. The number of thioether (sulfide) groups is 1. The van der Waals surface area contributed by atoms with E-state index in [9.17, 15) is 9.59 Å². The van der Waals surface area contributed by atoms with Crippen LogP contribution in [0.3, 0.4) is 0 Å². The van der Waals surface area contributed by atoms with Gasteiger partial charge in [0.25, 0.3) is 0 Å². The van der Waals surface area contributed by atoms with E-state index in [0.717, 1.165) is 16.7 Å². The zero-order valence-corrected chi connectivity index (χ0v) is 16.7. The summed E-state index contributed by atoms with van der Waals surface area (Å²) in [5, 5.41) is 0. The van der Waals surface area contributed by atoms with E-state index < -0.39 is 0 Å². The molecule has 0 aliphatic carbocycles. The summed E-state index contributed by atoms with van der Waals surface area (Å²) in [6.45, 7) is 2.09. The lowest BCUT2D eigenvalue weighted by Gasteiger charge is -2.33. The van der Waals surface area contributed by atoms with Crippen LogP contribution in [0.2, 0.25) is 0 Å². The molecule has 0 saturated carbocycles. The number of rotatable bonds is 5. The Hall–Kier alpha value is -2.53. The molecule has 0 spiro atoms. The second kappa shape index (κ2) is 8.44. The van der Waals surface area contributed by atoms with Crippen LogP contribution in [0.15, 0.2) is 59.6 Å². The lowest BCUT2D eigenvalue weighted by atomic mass is 9.93. The Kier molecular flexibility index (Phi) is 6.01. The molecule has 0 aromatic heterocycles. The van der Waals surface area contributed by atoms with Crippen molar-refractivity contribution in [3.8, 4) is 0 Å². The number of nitrogens with zero attached hydrogens (tertiary/aromatic N) is 2. The molecule has 1 aliphatic rings. The molecular weight excluding hydrogens is 356 g/mol. The molecule has 1 heterocycles. The third-order valence-corrected chi connectivity index (χ3v) is 5.59. The Bertz CT molecular complexity index is 861. The highest BCUT2D eigenvalue weighted by Crippen LogP contribution is 2.33. The first-order valence-corrected chi connectivity index (χ1v) is 10.1. The van der Waals surface area contributed by atoms with E-state index in [1.807, 2.05) is 43.6 Å². The van der Waals surface area contributed by atoms with Crippen molar-refractivity contribution >= 4 is 29.7 Å². The first-order chi connectivity index (χ1) is 13.0. The summed E-state index contributed by atoms with van der Waals surface area (Å²) in [5.74, 6) is -0.0424. The van der Waals surface area contributed by atoms with Crippen molar-refractivity contribution in [3.05, 3.63) is 71.4 Å². The van der Waals surface area contributed by atoms with Gasteiger partial charge in [0.05, 0.1) is 12.5 Å². The highest BCUT2D eigenvalue weighted by Gasteiger charge is 2.29. The van der Waals surface area contributed by atoms with Gasteiger partial charge in [0.15, 0.2) is 0 Å². The van der Waals surface area contributed by atoms with Crippen molar-refractivity contribution in [1.29, 1.82) is 0 Å². The quantitative estimate of drug-likeness (QED) is 0.725. The van der Waals surface area contributed by atoms with Gasteiger partial charge in [-0.3, -0.25) is 9.59 Å². The third kappa shape index (κ3) is 4.42. The number of carbonyl (C=O) groups excluding carboxylic acids is 2. The van der Waals surface area contributed by atoms with E-state index in [-0.39, 0.29) is 24.3 Å². The predicted octanol–water partition coefficient (Wildman–Crippen LogP) is 4.33. The fraction of sp³-hybridized carbons (Fsp3) is 0.273. The predicted molar refractivity (Wildman–Crippen MR) is 110 cm³/mol. The Morgan fingerprint density at radius 3 is 2.48 bits per heavy atom. The molecule has 0 N–H and O–H groups in total. The molecule has 0 fully saturated rings. The third-order valence-electron chi connectivity index (χ3n) is 4.84. The second-order valence-electron chi connectivity index (χ2n) is 6.69. The zero-order valence-electron chi connectivity index (χ0n) is 15.9. The molecule has 2 aromatic carbocycles. The van der Waals surface area contributed by atoms with Crippen LogP contribution in [0.4, 0.5) is 0 Å². The van der Waals surface area contributed by atoms with E-state index in [1.165, 1.54) is 11.8 Å². The van der Waals surface area contributed by atoms with E-state index in [1.54, 1.807) is 27.8 Å². The SMILES string of the molecule is CSc1ccc(CN(C)C(=O)CC2c3ccccc3C=CN2C(C)=O)cc1. The molecule has 5 heteroatoms. The Balaban J connectivity index is 1.74. The van der Waals surface area contributed by atoms with Gasteiger partial charge in [-0.2, -0.15) is 0 Å². The van der Waals surface area contributed by atoms with Crippen LogP contribution in [0, 0.1) is 0 Å². The molecule has 2 aromatic rings. The van der Waals surface area contributed by atoms with Gasteiger partial charge in [-0.1, -0.05) is 36.4 Å². The molecule has 4 nitrogen and oxygen atoms in total. The van der Waals surface area contributed by atoms with Crippen LogP contribution in [0.25, 0.3) is 6.08 Å². The highest BCUT2D eigenvalue weighted by atomic mass is 32.2. The summed E-state index contributed by atoms with van der Waals surface area (Å²) in [4.78, 5) is 29.5. The lowest BCUT2D eigenvalue weighted by Crippen LogP contribution is -2.35. The maximum Gasteiger partial charge on any atom is 0.225 e. The summed E-state index contributed by atoms with van der Waals surface area (Å²) in [5.41, 5.74) is 3.17. The van der Waals surface area contributed by atoms with E-state index in [4.69, 9.17) is 0 Å². The van der Waals surface area contributed by atoms with Crippen LogP contribution in [0.5, 0.6) is 0 Å². The van der Waals surface area contributed by atoms with Gasteiger partial charge >= 0.3 is 0 Å². The van der Waals surface area contributed by atoms with Crippen LogP contribution < -0.4 is 0 Å². The van der Waals surface area contributed by atoms with Gasteiger partial charge in [-0.15, -0.1) is 11.8 Å². The van der Waals surface area contributed by atoms with Crippen molar-refractivity contribution < 1.29 is 9.59 Å². The Morgan fingerprint density at radius 1 is 1.11 bits per heavy atom. The smallest absolute Gasteiger partial charge is 0.225 e. The number of carbonyl (C=O) groups is 2. The number of fused-ring (bicyclic) bond motifs is 1. The fourth-order valence-electron chi connectivity index (χ4n) is 3.33. The van der Waals surface area contributed by atoms with Crippen LogP contribution in [0.1, 0.15) is 36.1 Å². The van der Waals surface area contributed by atoms with Gasteiger partial charge in [-0.25, -0.2) is 0 Å². The van der Waals surface area contributed by atoms with E-state index in [0.29, 0.717) is 6.54 Å². The fourth-order valence-corrected chi connectivity index (χ4v) is 3.74. The van der Waals surface area contributed by atoms with Crippen molar-refractivity contribution in [2.75, 3.05) is 13.3 Å². The monoisotopic (exact) mass is 380 g/mol. The van der Waals surface area contributed by atoms with Gasteiger partial charge in [0.2, 0.25) is 11.8 Å². The molecule has 0 radical (unpaired) electrons. The van der Waals surface area contributed by atoms with E-state index >= 15 is 0 Å². The van der Waals surface area contributed by atoms with E-state index in [2.05, 4.69) is 24.3 Å². The topological polar surface area (TPSA) is 40.6 Å². The first-order valence-electron chi connectivity index (χ1n) is 8.92. The minimum Gasteiger partial charge on any atom is -0.341 e. The maximum atomic E-state index is 12.9. The number of hydrogen-bond acceptors (Lipinski definition) is 3. The Morgan fingerprint density at radius 2 is 1.81 bits per heavy atom. The largest absolute Gasteiger partial charge is 0.341 e. The molecule has 1 aliphatic heterocycles. The van der Waals surface area contributed by atoms with Crippen molar-refractivity contribution in [3.63, 3.8) is 0 Å². The van der Waals surface area contributed by atoms with Crippen LogP contribution in [-0.4, -0.2) is 34.9 Å². The molecule has 2 amide bonds. The van der Waals surface area contributed by atoms with Gasteiger partial charge < -0.3 is 9.80 Å². The Labute approximate surface area is 164 Å². The van der Waals surface area contributed by atoms with Gasteiger partial charge in [-0.05, 0) is 41.2 Å². The van der Waals surface area contributed by atoms with Crippen molar-refractivity contribution in [2.45, 2.75) is 30.8 Å². The molecule has 140 valence electrons. The van der Waals surface area contributed by atoms with Crippen molar-refractivity contribution in [1.82, 2.24) is 9.80 Å². The average molecular weight is 381 g/mol. The summed E-state index contributed by atoms with van der Waals surface area (Å²) in [6, 6.07) is 15.9. The minimum absolute atomic E-state index is 0.0188. The van der Waals surface area contributed by atoms with Crippen molar-refractivity contribution in [2.24, 2.45) is 0 Å². The van der Waals surface area contributed by atoms with Crippen LogP contribution >= 0.6 is 11.8 Å². The molecule has 1 atom stereocenters. The van der Waals surface area contributed by atoms with Gasteiger partial charge in [0, 0.05) is 31.6 Å². The van der Waals surface area contributed by atoms with Crippen LogP contribution in [-0.2, 0) is 16.1 Å². The average Bonchev–Trinajstić information content (AvgIpc) is 2.68. The number of benzene rings is 2. The normalized spacial score (nSPS) is 15.4. The maximum absolute atomic E-state index is 12.9. The molecular formula is C22H24N2O2S. The minimum atomic E-state index is -0.266. The highest BCUT2D eigenvalue weighted by molar-refractivity contribution is 7.98.